The zero-order valence-corrected chi connectivity index (χ0v) is 19.3. The number of hydrogen-bond acceptors (Lipinski definition) is 4. The number of fused-ring (bicyclic) bond motifs is 3. The first-order valence-electron chi connectivity index (χ1n) is 12.0. The Morgan fingerprint density at radius 2 is 1.79 bits per heavy atom. The molecule has 3 aliphatic rings. The number of anilines is 2. The third-order valence-corrected chi connectivity index (χ3v) is 7.61. The summed E-state index contributed by atoms with van der Waals surface area (Å²) in [5.41, 5.74) is 1.41. The normalized spacial score (nSPS) is 23.4. The van der Waals surface area contributed by atoms with Crippen LogP contribution in [-0.2, 0) is 17.4 Å². The topological polar surface area (TPSA) is 44.8 Å². The lowest BCUT2D eigenvalue weighted by molar-refractivity contribution is -0.137. The van der Waals surface area contributed by atoms with Crippen LogP contribution in [0.4, 0.5) is 24.5 Å². The number of ether oxygens (including phenoxy) is 1. The number of alkyl halides is 3. The van der Waals surface area contributed by atoms with Gasteiger partial charge in [0, 0.05) is 37.1 Å². The molecule has 2 aliphatic heterocycles. The third-order valence-electron chi connectivity index (χ3n) is 7.61. The van der Waals surface area contributed by atoms with Gasteiger partial charge in [0.2, 0.25) is 5.91 Å². The highest BCUT2D eigenvalue weighted by Gasteiger charge is 2.44. The highest BCUT2D eigenvalue weighted by atomic mass is 19.4. The Labute approximate surface area is 197 Å². The number of nitrogens with zero attached hydrogens (tertiary/aromatic N) is 2. The lowest BCUT2D eigenvalue weighted by Gasteiger charge is -2.50. The Morgan fingerprint density at radius 3 is 2.47 bits per heavy atom. The molecule has 0 aromatic heterocycles. The van der Waals surface area contributed by atoms with E-state index in [0.717, 1.165) is 24.8 Å². The minimum absolute atomic E-state index is 0.0724. The highest BCUT2D eigenvalue weighted by molar-refractivity contribution is 5.94. The first-order chi connectivity index (χ1) is 16.3. The van der Waals surface area contributed by atoms with Gasteiger partial charge in [-0.1, -0.05) is 12.8 Å². The second-order valence-corrected chi connectivity index (χ2v) is 9.56. The lowest BCUT2D eigenvalue weighted by atomic mass is 9.82. The fraction of sp³-hybridized carbons (Fsp3) is 0.500. The van der Waals surface area contributed by atoms with Crippen LogP contribution in [0.15, 0.2) is 42.5 Å². The van der Waals surface area contributed by atoms with Crippen molar-refractivity contribution < 1.29 is 22.7 Å². The SMILES string of the molecule is COc1ccc(NC(=O)[C@@H]2Cc3cc(C(F)(F)F)ccc3N3CCN(C4CCCC4)C[C@H]23)cc1. The molecular weight excluding hydrogens is 443 g/mol. The summed E-state index contributed by atoms with van der Waals surface area (Å²) in [6.07, 6.45) is 0.719. The van der Waals surface area contributed by atoms with Crippen LogP contribution in [0.2, 0.25) is 0 Å². The maximum atomic E-state index is 13.5. The van der Waals surface area contributed by atoms with Crippen molar-refractivity contribution in [3.8, 4) is 5.75 Å². The van der Waals surface area contributed by atoms with Crippen molar-refractivity contribution in [2.45, 2.75) is 50.4 Å². The van der Waals surface area contributed by atoms with Crippen molar-refractivity contribution in [1.29, 1.82) is 0 Å². The fourth-order valence-electron chi connectivity index (χ4n) is 5.83. The van der Waals surface area contributed by atoms with Gasteiger partial charge in [-0.2, -0.15) is 13.2 Å². The summed E-state index contributed by atoms with van der Waals surface area (Å²) >= 11 is 0. The molecular formula is C26H30F3N3O2. The van der Waals surface area contributed by atoms with Crippen molar-refractivity contribution >= 4 is 17.3 Å². The molecule has 2 aromatic rings. The molecule has 2 atom stereocenters. The Morgan fingerprint density at radius 1 is 1.06 bits per heavy atom. The first kappa shape index (κ1) is 23.0. The summed E-state index contributed by atoms with van der Waals surface area (Å²) in [5, 5.41) is 2.99. The molecule has 1 amide bonds. The number of carbonyl (C=O) groups is 1. The second kappa shape index (κ2) is 9.13. The molecule has 1 saturated carbocycles. The van der Waals surface area contributed by atoms with Crippen molar-refractivity contribution in [3.63, 3.8) is 0 Å². The van der Waals surface area contributed by atoms with E-state index in [1.807, 2.05) is 0 Å². The lowest BCUT2D eigenvalue weighted by Crippen LogP contribution is -2.61. The van der Waals surface area contributed by atoms with Gasteiger partial charge in [0.05, 0.1) is 24.6 Å². The third kappa shape index (κ3) is 4.48. The molecule has 2 aromatic carbocycles. The van der Waals surface area contributed by atoms with Crippen LogP contribution in [0.5, 0.6) is 5.75 Å². The molecule has 2 fully saturated rings. The summed E-state index contributed by atoms with van der Waals surface area (Å²) in [6.45, 7) is 2.34. The van der Waals surface area contributed by atoms with Crippen LogP contribution in [-0.4, -0.2) is 49.6 Å². The summed E-state index contributed by atoms with van der Waals surface area (Å²) in [4.78, 5) is 18.2. The predicted octanol–water partition coefficient (Wildman–Crippen LogP) is 4.96. The van der Waals surface area contributed by atoms with Crippen molar-refractivity contribution in [3.05, 3.63) is 53.6 Å². The number of benzene rings is 2. The minimum Gasteiger partial charge on any atom is -0.497 e. The van der Waals surface area contributed by atoms with E-state index in [4.69, 9.17) is 4.74 Å². The molecule has 1 N–H and O–H groups in total. The minimum atomic E-state index is -4.41. The molecule has 0 unspecified atom stereocenters. The number of carbonyl (C=O) groups excluding carboxylic acids is 1. The zero-order chi connectivity index (χ0) is 23.9. The van der Waals surface area contributed by atoms with E-state index < -0.39 is 17.7 Å². The number of piperazine rings is 1. The van der Waals surface area contributed by atoms with E-state index in [1.165, 1.54) is 31.7 Å². The molecule has 1 saturated heterocycles. The van der Waals surface area contributed by atoms with E-state index in [0.29, 0.717) is 36.0 Å². The second-order valence-electron chi connectivity index (χ2n) is 9.56. The predicted molar refractivity (Wildman–Crippen MR) is 125 cm³/mol. The number of methoxy groups -OCH3 is 1. The maximum Gasteiger partial charge on any atom is 0.416 e. The van der Waals surface area contributed by atoms with Crippen LogP contribution >= 0.6 is 0 Å². The molecule has 1 aliphatic carbocycles. The molecule has 0 bridgehead atoms. The average Bonchev–Trinajstić information content (AvgIpc) is 3.38. The molecule has 2 heterocycles. The van der Waals surface area contributed by atoms with Crippen molar-refractivity contribution in [2.24, 2.45) is 5.92 Å². The average molecular weight is 474 g/mol. The van der Waals surface area contributed by atoms with Gasteiger partial charge >= 0.3 is 6.18 Å². The molecule has 5 nitrogen and oxygen atoms in total. The standard InChI is InChI=1S/C26H30F3N3O2/c1-34-21-9-7-19(8-10-21)30-25(33)22-15-17-14-18(26(27,28)29)6-11-23(17)32-13-12-31(16-24(22)32)20-4-2-3-5-20/h6-11,14,20,22,24H,2-5,12-13,15-16H2,1H3,(H,30,33)/t22-,24-/m1/s1. The van der Waals surface area contributed by atoms with Gasteiger partial charge in [-0.3, -0.25) is 9.69 Å². The zero-order valence-electron chi connectivity index (χ0n) is 19.3. The molecule has 34 heavy (non-hydrogen) atoms. The molecule has 182 valence electrons. The van der Waals surface area contributed by atoms with E-state index in [9.17, 15) is 18.0 Å². The largest absolute Gasteiger partial charge is 0.497 e. The van der Waals surface area contributed by atoms with Crippen LogP contribution < -0.4 is 15.0 Å². The van der Waals surface area contributed by atoms with Gasteiger partial charge in [0.1, 0.15) is 5.75 Å². The summed E-state index contributed by atoms with van der Waals surface area (Å²) in [6, 6.07) is 11.6. The Kier molecular flexibility index (Phi) is 6.18. The van der Waals surface area contributed by atoms with Gasteiger partial charge in [-0.15, -0.1) is 0 Å². The van der Waals surface area contributed by atoms with Gasteiger partial charge in [0.15, 0.2) is 0 Å². The number of amides is 1. The smallest absolute Gasteiger partial charge is 0.416 e. The summed E-state index contributed by atoms with van der Waals surface area (Å²) in [7, 11) is 1.58. The molecule has 8 heteroatoms. The van der Waals surface area contributed by atoms with Crippen LogP contribution in [0.3, 0.4) is 0 Å². The Bertz CT molecular complexity index is 1030. The van der Waals surface area contributed by atoms with Crippen LogP contribution in [0.1, 0.15) is 36.8 Å². The number of nitrogens with one attached hydrogen (secondary N) is 1. The van der Waals surface area contributed by atoms with Crippen molar-refractivity contribution in [1.82, 2.24) is 4.90 Å². The van der Waals surface area contributed by atoms with Crippen molar-refractivity contribution in [2.75, 3.05) is 37.0 Å². The first-order valence-corrected chi connectivity index (χ1v) is 12.0. The van der Waals surface area contributed by atoms with Gasteiger partial charge < -0.3 is 15.0 Å². The van der Waals surface area contributed by atoms with Gasteiger partial charge in [0.25, 0.3) is 0 Å². The van der Waals surface area contributed by atoms with Crippen LogP contribution in [0, 0.1) is 5.92 Å². The number of hydrogen-bond donors (Lipinski definition) is 1. The molecule has 5 rings (SSSR count). The fourth-order valence-corrected chi connectivity index (χ4v) is 5.83. The Hall–Kier alpha value is -2.74. The van der Waals surface area contributed by atoms with E-state index in [2.05, 4.69) is 15.1 Å². The van der Waals surface area contributed by atoms with E-state index in [-0.39, 0.29) is 11.9 Å². The number of halogens is 3. The van der Waals surface area contributed by atoms with E-state index in [1.54, 1.807) is 37.4 Å². The Balaban J connectivity index is 1.44. The van der Waals surface area contributed by atoms with Gasteiger partial charge in [-0.05, 0) is 67.3 Å². The maximum absolute atomic E-state index is 13.5. The molecule has 0 spiro atoms. The monoisotopic (exact) mass is 473 g/mol. The quantitative estimate of drug-likeness (QED) is 0.682. The number of rotatable bonds is 4. The van der Waals surface area contributed by atoms with E-state index >= 15 is 0 Å². The summed E-state index contributed by atoms with van der Waals surface area (Å²) < 4.78 is 45.4. The highest BCUT2D eigenvalue weighted by Crippen LogP contribution is 2.41. The molecule has 0 radical (unpaired) electrons. The van der Waals surface area contributed by atoms with Gasteiger partial charge in [-0.25, -0.2) is 0 Å². The summed E-state index contributed by atoms with van der Waals surface area (Å²) in [5.74, 6) is 0.0914. The van der Waals surface area contributed by atoms with Crippen LogP contribution in [0.25, 0.3) is 0 Å².